The number of alkyl halides is 3. The van der Waals surface area contributed by atoms with Crippen LogP contribution in [0.25, 0.3) is 11.4 Å². The van der Waals surface area contributed by atoms with Crippen molar-refractivity contribution in [1.29, 1.82) is 0 Å². The third-order valence-corrected chi connectivity index (χ3v) is 7.34. The van der Waals surface area contributed by atoms with Crippen LogP contribution in [-0.2, 0) is 17.5 Å². The van der Waals surface area contributed by atoms with Crippen LogP contribution in [0.2, 0.25) is 0 Å². The highest BCUT2D eigenvalue weighted by molar-refractivity contribution is 8.15. The van der Waals surface area contributed by atoms with Gasteiger partial charge in [0.05, 0.1) is 12.2 Å². The Labute approximate surface area is 196 Å². The number of rotatable bonds is 4. The Morgan fingerprint density at radius 3 is 2.59 bits per heavy atom. The van der Waals surface area contributed by atoms with Gasteiger partial charge >= 0.3 is 12.1 Å². The topological polar surface area (TPSA) is 59.2 Å². The summed E-state index contributed by atoms with van der Waals surface area (Å²) < 4.78 is 43.2. The molecule has 34 heavy (non-hydrogen) atoms. The van der Waals surface area contributed by atoms with Crippen molar-refractivity contribution in [3.63, 3.8) is 0 Å². The summed E-state index contributed by atoms with van der Waals surface area (Å²) in [5, 5.41) is 5.53. The van der Waals surface area contributed by atoms with E-state index in [0.29, 0.717) is 11.1 Å². The summed E-state index contributed by atoms with van der Waals surface area (Å²) in [7, 11) is -0.562. The van der Waals surface area contributed by atoms with Gasteiger partial charge in [0, 0.05) is 20.9 Å². The predicted octanol–water partition coefficient (Wildman–Crippen LogP) is 6.41. The quantitative estimate of drug-likeness (QED) is 0.244. The molecule has 0 saturated carbocycles. The second-order valence-corrected chi connectivity index (χ2v) is 9.26. The molecule has 1 aliphatic rings. The molecule has 2 heterocycles. The number of benzene rings is 2. The summed E-state index contributed by atoms with van der Waals surface area (Å²) in [6, 6.07) is 12.8. The first-order valence-corrected chi connectivity index (χ1v) is 11.5. The lowest BCUT2D eigenvalue weighted by atomic mass is 10.1. The van der Waals surface area contributed by atoms with Gasteiger partial charge in [-0.3, -0.25) is 4.79 Å². The van der Waals surface area contributed by atoms with E-state index < -0.39 is 22.6 Å². The van der Waals surface area contributed by atoms with E-state index in [4.69, 9.17) is 0 Å². The number of para-hydroxylation sites is 1. The summed E-state index contributed by atoms with van der Waals surface area (Å²) in [6.07, 6.45) is -0.0991. The van der Waals surface area contributed by atoms with Crippen LogP contribution in [0.4, 0.5) is 18.9 Å². The zero-order valence-corrected chi connectivity index (χ0v) is 19.0. The van der Waals surface area contributed by atoms with Crippen LogP contribution in [0.5, 0.6) is 0 Å². The molecule has 1 aliphatic heterocycles. The summed E-state index contributed by atoms with van der Waals surface area (Å²) in [5.74, 6) is -1.78. The van der Waals surface area contributed by atoms with Crippen molar-refractivity contribution < 1.29 is 22.5 Å². The molecule has 1 amide bonds. The molecule has 4 rings (SSSR count). The molecule has 0 saturated heterocycles. The van der Waals surface area contributed by atoms with Crippen LogP contribution < -0.4 is 4.90 Å². The smallest absolute Gasteiger partial charge is 0.329 e. The Bertz CT molecular complexity index is 1360. The molecule has 1 unspecified atom stereocenters. The van der Waals surface area contributed by atoms with Gasteiger partial charge in [-0.25, -0.2) is 0 Å². The summed E-state index contributed by atoms with van der Waals surface area (Å²) in [5.41, 5.74) is 2.41. The van der Waals surface area contributed by atoms with Gasteiger partial charge in [-0.15, -0.1) is 10.5 Å². The molecule has 1 aromatic heterocycles. The van der Waals surface area contributed by atoms with Crippen molar-refractivity contribution in [2.75, 3.05) is 4.90 Å². The highest BCUT2D eigenvalue weighted by Gasteiger charge is 2.38. The number of nitrogens with zero attached hydrogens (tertiary/aromatic N) is 3. The molecule has 0 fully saturated rings. The van der Waals surface area contributed by atoms with Crippen molar-refractivity contribution in [1.82, 2.24) is 10.1 Å². The molecule has 0 radical (unpaired) electrons. The maximum atomic E-state index is 13.4. The van der Waals surface area contributed by atoms with E-state index in [1.165, 1.54) is 12.2 Å². The first-order valence-electron chi connectivity index (χ1n) is 10.2. The molecule has 0 bridgehead atoms. The number of fused-ring (bicyclic) bond motifs is 2. The van der Waals surface area contributed by atoms with Crippen molar-refractivity contribution in [2.24, 2.45) is 0 Å². The van der Waals surface area contributed by atoms with Gasteiger partial charge in [0.15, 0.2) is 0 Å². The average Bonchev–Trinajstić information content (AvgIpc) is 3.28. The number of amides is 1. The Kier molecular flexibility index (Phi) is 6.39. The molecular formula is C25H20F3N3O2S. The Hall–Kier alpha value is -3.72. The average molecular weight is 484 g/mol. The fourth-order valence-electron chi connectivity index (χ4n) is 3.67. The number of anilines is 1. The molecule has 3 aromatic rings. The Balaban J connectivity index is 1.87. The van der Waals surface area contributed by atoms with Gasteiger partial charge in [-0.05, 0) is 30.7 Å². The molecule has 0 N–H and O–H groups in total. The summed E-state index contributed by atoms with van der Waals surface area (Å²) in [6.45, 7) is 9.59. The van der Waals surface area contributed by atoms with E-state index in [1.54, 1.807) is 29.2 Å². The molecule has 5 nitrogen and oxygen atoms in total. The van der Waals surface area contributed by atoms with Gasteiger partial charge < -0.3 is 9.42 Å². The minimum atomic E-state index is -4.72. The largest absolute Gasteiger partial charge is 0.471 e. The van der Waals surface area contributed by atoms with E-state index in [2.05, 4.69) is 27.8 Å². The first kappa shape index (κ1) is 23.4. The summed E-state index contributed by atoms with van der Waals surface area (Å²) in [4.78, 5) is 20.4. The van der Waals surface area contributed by atoms with Crippen LogP contribution in [0.15, 0.2) is 93.7 Å². The van der Waals surface area contributed by atoms with E-state index >= 15 is 0 Å². The number of hydrogen-bond donors (Lipinski definition) is 0. The van der Waals surface area contributed by atoms with Crippen LogP contribution in [0.1, 0.15) is 18.4 Å². The van der Waals surface area contributed by atoms with E-state index in [0.717, 1.165) is 21.0 Å². The molecule has 0 aliphatic carbocycles. The van der Waals surface area contributed by atoms with E-state index in [-0.39, 0.29) is 18.3 Å². The Morgan fingerprint density at radius 1 is 1.18 bits per heavy atom. The van der Waals surface area contributed by atoms with Gasteiger partial charge in [-0.2, -0.15) is 18.2 Å². The van der Waals surface area contributed by atoms with Crippen molar-refractivity contribution >= 4 is 27.4 Å². The van der Waals surface area contributed by atoms with E-state index in [9.17, 15) is 18.0 Å². The van der Waals surface area contributed by atoms with Crippen LogP contribution in [0, 0.1) is 0 Å². The minimum Gasteiger partial charge on any atom is -0.329 e. The predicted molar refractivity (Wildman–Crippen MR) is 127 cm³/mol. The number of allylic oxidation sites excluding steroid dienone is 2. The van der Waals surface area contributed by atoms with Gasteiger partial charge in [0.1, 0.15) is 0 Å². The number of aromatic nitrogens is 2. The van der Waals surface area contributed by atoms with Gasteiger partial charge in [0.2, 0.25) is 5.82 Å². The maximum absolute atomic E-state index is 13.4. The second-order valence-electron chi connectivity index (χ2n) is 7.24. The van der Waals surface area contributed by atoms with Crippen molar-refractivity contribution in [3.8, 4) is 11.4 Å². The summed E-state index contributed by atoms with van der Waals surface area (Å²) >= 11 is 0. The van der Waals surface area contributed by atoms with Crippen LogP contribution >= 0.6 is 10.5 Å². The normalized spacial score (nSPS) is 15.9. The lowest BCUT2D eigenvalue weighted by Crippen LogP contribution is -2.31. The Morgan fingerprint density at radius 2 is 1.94 bits per heavy atom. The highest BCUT2D eigenvalue weighted by Crippen LogP contribution is 2.47. The van der Waals surface area contributed by atoms with Gasteiger partial charge in [0.25, 0.3) is 5.91 Å². The lowest BCUT2D eigenvalue weighted by Gasteiger charge is -2.23. The van der Waals surface area contributed by atoms with Crippen LogP contribution in [-0.4, -0.2) is 21.4 Å². The van der Waals surface area contributed by atoms with Crippen LogP contribution in [0.3, 0.4) is 0 Å². The molecule has 174 valence electrons. The fourth-order valence-corrected chi connectivity index (χ4v) is 5.71. The van der Waals surface area contributed by atoms with E-state index in [1.807, 2.05) is 36.6 Å². The van der Waals surface area contributed by atoms with Crippen molar-refractivity contribution in [3.05, 3.63) is 90.9 Å². The number of carbonyl (C=O) groups excluding carboxylic acids is 1. The maximum Gasteiger partial charge on any atom is 0.471 e. The molecular weight excluding hydrogens is 463 g/mol. The monoisotopic (exact) mass is 483 g/mol. The molecule has 1 atom stereocenters. The minimum absolute atomic E-state index is 0.150. The van der Waals surface area contributed by atoms with Crippen molar-refractivity contribution in [2.45, 2.75) is 29.4 Å². The van der Waals surface area contributed by atoms with Gasteiger partial charge in [-0.1, -0.05) is 66.2 Å². The highest BCUT2D eigenvalue weighted by atomic mass is 32.2. The number of carbonyl (C=O) groups is 1. The third-order valence-electron chi connectivity index (χ3n) is 5.20. The first-order chi connectivity index (χ1) is 16.3. The zero-order chi connectivity index (χ0) is 24.5. The second kappa shape index (κ2) is 9.26. The standard InChI is InChI=1S/C25H20F3N3O2S/c1-4-9-16(5-2)23(32)31-15-18-13-12-17(22-29-24(33-30-22)25(26,27)28)14-21(18)34(6-3)20-11-8-7-10-19(20)31/h4-14H,1-2,15H2,3H3/b16-9+. The third kappa shape index (κ3) is 4.26. The molecule has 0 spiro atoms. The fraction of sp³-hybridized carbons (Fsp3) is 0.120. The molecule has 2 aromatic carbocycles. The zero-order valence-electron chi connectivity index (χ0n) is 18.2. The SMILES string of the molecule is C=C/C=C(\C=C)C(=O)N1Cc2ccc(-c3noc(C(F)(F)F)n3)cc2/S(=C/C)c2ccccc21. The lowest BCUT2D eigenvalue weighted by molar-refractivity contribution is -0.159. The molecule has 9 heteroatoms. The number of halogens is 3. The number of hydrogen-bond acceptors (Lipinski definition) is 4.